The summed E-state index contributed by atoms with van der Waals surface area (Å²) in [6.45, 7) is 3.70. The average Bonchev–Trinajstić information content (AvgIpc) is 2.28. The van der Waals surface area contributed by atoms with E-state index < -0.39 is 10.8 Å². The fourth-order valence-corrected chi connectivity index (χ4v) is 1.54. The highest BCUT2D eigenvalue weighted by Crippen LogP contribution is 2.13. The molecule has 0 amide bonds. The first-order valence-electron chi connectivity index (χ1n) is 4.84. The standard InChI is InChI=1S/C11H12BrNO3/c1-3-16-11(15)8(12)10(14)9-7(2)5-4-6-13-9/h4-6,8H,3H2,1-2H3. The van der Waals surface area contributed by atoms with Crippen LogP contribution in [0.5, 0.6) is 0 Å². The van der Waals surface area contributed by atoms with Gasteiger partial charge >= 0.3 is 5.97 Å². The van der Waals surface area contributed by atoms with E-state index in [-0.39, 0.29) is 18.1 Å². The van der Waals surface area contributed by atoms with Crippen LogP contribution < -0.4 is 0 Å². The number of ketones is 1. The van der Waals surface area contributed by atoms with Crippen molar-refractivity contribution >= 4 is 27.7 Å². The second-order valence-electron chi connectivity index (χ2n) is 3.15. The van der Waals surface area contributed by atoms with Gasteiger partial charge in [-0.2, -0.15) is 0 Å². The smallest absolute Gasteiger partial charge is 0.327 e. The Morgan fingerprint density at radius 3 is 2.81 bits per heavy atom. The number of aromatic nitrogens is 1. The summed E-state index contributed by atoms with van der Waals surface area (Å²) in [6, 6.07) is 3.50. The third kappa shape index (κ3) is 2.88. The van der Waals surface area contributed by atoms with Crippen molar-refractivity contribution in [3.63, 3.8) is 0 Å². The number of ether oxygens (including phenoxy) is 1. The van der Waals surface area contributed by atoms with Crippen LogP contribution in [0.4, 0.5) is 0 Å². The van der Waals surface area contributed by atoms with E-state index in [9.17, 15) is 9.59 Å². The highest BCUT2D eigenvalue weighted by Gasteiger charge is 2.27. The number of pyridine rings is 1. The maximum Gasteiger partial charge on any atom is 0.327 e. The Hall–Kier alpha value is -1.23. The van der Waals surface area contributed by atoms with Gasteiger partial charge in [-0.1, -0.05) is 22.0 Å². The van der Waals surface area contributed by atoms with Crippen molar-refractivity contribution in [3.05, 3.63) is 29.6 Å². The first-order chi connectivity index (χ1) is 7.57. The van der Waals surface area contributed by atoms with Crippen molar-refractivity contribution in [2.24, 2.45) is 0 Å². The number of carbonyl (C=O) groups is 2. The molecule has 0 aromatic carbocycles. The van der Waals surface area contributed by atoms with Crippen molar-refractivity contribution in [3.8, 4) is 0 Å². The molecule has 0 aliphatic carbocycles. The van der Waals surface area contributed by atoms with Gasteiger partial charge < -0.3 is 4.74 Å². The summed E-state index contributed by atoms with van der Waals surface area (Å²) in [5.74, 6) is -0.964. The van der Waals surface area contributed by atoms with E-state index in [2.05, 4.69) is 20.9 Å². The first-order valence-corrected chi connectivity index (χ1v) is 5.76. The van der Waals surface area contributed by atoms with Gasteiger partial charge in [-0.25, -0.2) is 0 Å². The van der Waals surface area contributed by atoms with Crippen LogP contribution in [-0.2, 0) is 9.53 Å². The lowest BCUT2D eigenvalue weighted by atomic mass is 10.1. The molecule has 0 aliphatic rings. The fraction of sp³-hybridized carbons (Fsp3) is 0.364. The van der Waals surface area contributed by atoms with Crippen LogP contribution in [0.15, 0.2) is 18.3 Å². The lowest BCUT2D eigenvalue weighted by Crippen LogP contribution is -2.27. The molecule has 0 bridgehead atoms. The Bertz CT molecular complexity index is 406. The highest BCUT2D eigenvalue weighted by molar-refractivity contribution is 9.10. The number of esters is 1. The average molecular weight is 286 g/mol. The Labute approximate surface area is 102 Å². The number of alkyl halides is 1. The zero-order chi connectivity index (χ0) is 12.1. The van der Waals surface area contributed by atoms with Crippen molar-refractivity contribution in [1.29, 1.82) is 0 Å². The van der Waals surface area contributed by atoms with Gasteiger partial charge in [-0.15, -0.1) is 0 Å². The van der Waals surface area contributed by atoms with Crippen molar-refractivity contribution in [2.45, 2.75) is 18.7 Å². The van der Waals surface area contributed by atoms with Crippen LogP contribution in [0.3, 0.4) is 0 Å². The second kappa shape index (κ2) is 5.75. The maximum absolute atomic E-state index is 11.9. The number of hydrogen-bond acceptors (Lipinski definition) is 4. The predicted molar refractivity (Wildman–Crippen MR) is 62.7 cm³/mol. The molecule has 1 heterocycles. The molecule has 86 valence electrons. The number of carbonyl (C=O) groups excluding carboxylic acids is 2. The molecule has 1 atom stereocenters. The molecule has 0 spiro atoms. The number of halogens is 1. The van der Waals surface area contributed by atoms with Gasteiger partial charge in [-0.05, 0) is 25.5 Å². The minimum absolute atomic E-state index is 0.245. The topological polar surface area (TPSA) is 56.3 Å². The van der Waals surface area contributed by atoms with Crippen LogP contribution in [0, 0.1) is 6.92 Å². The summed E-state index contributed by atoms with van der Waals surface area (Å²) in [5, 5.41) is 0. The molecular weight excluding hydrogens is 274 g/mol. The van der Waals surface area contributed by atoms with Crippen LogP contribution in [0.25, 0.3) is 0 Å². The van der Waals surface area contributed by atoms with Crippen LogP contribution in [0.2, 0.25) is 0 Å². The van der Waals surface area contributed by atoms with Gasteiger partial charge in [0.15, 0.2) is 4.83 Å². The molecule has 0 saturated carbocycles. The third-order valence-electron chi connectivity index (χ3n) is 1.97. The summed E-state index contributed by atoms with van der Waals surface area (Å²) in [4.78, 5) is 26.2. The largest absolute Gasteiger partial charge is 0.465 e. The Morgan fingerprint density at radius 1 is 1.56 bits per heavy atom. The summed E-state index contributed by atoms with van der Waals surface area (Å²) in [7, 11) is 0. The minimum Gasteiger partial charge on any atom is -0.465 e. The van der Waals surface area contributed by atoms with Crippen LogP contribution in [0.1, 0.15) is 23.0 Å². The van der Waals surface area contributed by atoms with Gasteiger partial charge in [0.2, 0.25) is 5.78 Å². The molecule has 0 radical (unpaired) electrons. The maximum atomic E-state index is 11.9. The quantitative estimate of drug-likeness (QED) is 0.367. The second-order valence-corrected chi connectivity index (χ2v) is 4.06. The Morgan fingerprint density at radius 2 is 2.25 bits per heavy atom. The number of rotatable bonds is 4. The molecule has 1 unspecified atom stereocenters. The molecule has 5 heteroatoms. The zero-order valence-electron chi connectivity index (χ0n) is 9.07. The van der Waals surface area contributed by atoms with Gasteiger partial charge in [-0.3, -0.25) is 14.6 Å². The molecule has 1 aromatic heterocycles. The summed E-state index contributed by atoms with van der Waals surface area (Å²) in [5.41, 5.74) is 1.03. The number of hydrogen-bond donors (Lipinski definition) is 0. The SMILES string of the molecule is CCOC(=O)C(Br)C(=O)c1ncccc1C. The Kier molecular flexibility index (Phi) is 4.61. The fourth-order valence-electron chi connectivity index (χ4n) is 1.19. The molecule has 0 saturated heterocycles. The molecule has 0 aliphatic heterocycles. The minimum atomic E-state index is -0.985. The zero-order valence-corrected chi connectivity index (χ0v) is 10.7. The van der Waals surface area contributed by atoms with Gasteiger partial charge in [0.1, 0.15) is 5.69 Å². The molecule has 0 N–H and O–H groups in total. The predicted octanol–water partition coefficient (Wildman–Crippen LogP) is 1.90. The van der Waals surface area contributed by atoms with E-state index in [4.69, 9.17) is 4.74 Å². The van der Waals surface area contributed by atoms with Crippen LogP contribution in [-0.4, -0.2) is 28.2 Å². The summed E-state index contributed by atoms with van der Waals surface area (Å²) >= 11 is 3.02. The Balaban J connectivity index is 2.86. The van der Waals surface area contributed by atoms with Crippen molar-refractivity contribution in [2.75, 3.05) is 6.61 Å². The molecule has 1 rings (SSSR count). The molecule has 1 aromatic rings. The molecule has 16 heavy (non-hydrogen) atoms. The molecule has 4 nitrogen and oxygen atoms in total. The van der Waals surface area contributed by atoms with Gasteiger partial charge in [0.05, 0.1) is 6.61 Å². The van der Waals surface area contributed by atoms with Crippen LogP contribution >= 0.6 is 15.9 Å². The van der Waals surface area contributed by atoms with Crippen molar-refractivity contribution < 1.29 is 14.3 Å². The third-order valence-corrected chi connectivity index (χ3v) is 2.76. The van der Waals surface area contributed by atoms with Gasteiger partial charge in [0, 0.05) is 6.20 Å². The highest BCUT2D eigenvalue weighted by atomic mass is 79.9. The molecule has 0 fully saturated rings. The summed E-state index contributed by atoms with van der Waals surface area (Å²) in [6.07, 6.45) is 1.52. The first kappa shape index (κ1) is 12.8. The number of Topliss-reactive ketones (excluding diaryl/α,β-unsaturated/α-hetero) is 1. The van der Waals surface area contributed by atoms with E-state index in [1.165, 1.54) is 6.20 Å². The van der Waals surface area contributed by atoms with E-state index in [0.29, 0.717) is 0 Å². The molecular formula is C11H12BrNO3. The lowest BCUT2D eigenvalue weighted by molar-refractivity contribution is -0.141. The van der Waals surface area contributed by atoms with Gasteiger partial charge in [0.25, 0.3) is 0 Å². The number of aryl methyl sites for hydroxylation is 1. The monoisotopic (exact) mass is 285 g/mol. The van der Waals surface area contributed by atoms with E-state index in [1.807, 2.05) is 0 Å². The van der Waals surface area contributed by atoms with E-state index >= 15 is 0 Å². The lowest BCUT2D eigenvalue weighted by Gasteiger charge is -2.08. The summed E-state index contributed by atoms with van der Waals surface area (Å²) < 4.78 is 4.75. The number of nitrogens with zero attached hydrogens (tertiary/aromatic N) is 1. The normalized spacial score (nSPS) is 11.9. The van der Waals surface area contributed by atoms with E-state index in [0.717, 1.165) is 5.56 Å². The van der Waals surface area contributed by atoms with Crippen molar-refractivity contribution in [1.82, 2.24) is 4.98 Å². The van der Waals surface area contributed by atoms with E-state index in [1.54, 1.807) is 26.0 Å².